The van der Waals surface area contributed by atoms with Crippen molar-refractivity contribution >= 4 is 36.6 Å². The van der Waals surface area contributed by atoms with E-state index in [-0.39, 0.29) is 24.9 Å². The number of likely N-dealkylation sites (tertiary alicyclic amines) is 1. The van der Waals surface area contributed by atoms with Gasteiger partial charge in [-0.05, 0) is 33.6 Å². The van der Waals surface area contributed by atoms with Crippen molar-refractivity contribution in [1.29, 1.82) is 0 Å². The summed E-state index contributed by atoms with van der Waals surface area (Å²) in [6.07, 6.45) is 1.75. The summed E-state index contributed by atoms with van der Waals surface area (Å²) in [5.41, 5.74) is -1.68. The first-order chi connectivity index (χ1) is 11.1. The Morgan fingerprint density at radius 2 is 1.92 bits per heavy atom. The van der Waals surface area contributed by atoms with E-state index in [9.17, 15) is 19.7 Å². The molecule has 0 bridgehead atoms. The van der Waals surface area contributed by atoms with Gasteiger partial charge in [-0.2, -0.15) is 5.10 Å². The Balaban J connectivity index is 0.00000312. The van der Waals surface area contributed by atoms with Crippen LogP contribution in [0.3, 0.4) is 0 Å². The van der Waals surface area contributed by atoms with Crippen LogP contribution in [0.1, 0.15) is 50.1 Å². The number of hydrogen-bond donors (Lipinski definition) is 1. The second kappa shape index (κ2) is 7.89. The summed E-state index contributed by atoms with van der Waals surface area (Å²) < 4.78 is 6.62. The number of nitro groups is 1. The second-order valence-corrected chi connectivity index (χ2v) is 6.60. The van der Waals surface area contributed by atoms with Gasteiger partial charge in [-0.15, -0.1) is 0 Å². The van der Waals surface area contributed by atoms with Crippen molar-refractivity contribution in [3.8, 4) is 0 Å². The molecule has 0 aromatic carbocycles. The molecule has 1 amide bonds. The van der Waals surface area contributed by atoms with Gasteiger partial charge in [0.05, 0.1) is 11.0 Å². The molecule has 1 fully saturated rings. The fraction of sp³-hybridized carbons (Fsp3) is 0.643. The minimum atomic E-state index is -1.44. The fourth-order valence-electron chi connectivity index (χ4n) is 2.49. The van der Waals surface area contributed by atoms with Crippen LogP contribution in [0.4, 0.5) is 10.5 Å². The van der Waals surface area contributed by atoms with E-state index in [0.29, 0.717) is 25.9 Å². The zero-order valence-corrected chi connectivity index (χ0v) is 14.8. The standard InChI is InChI=1S/C14H20N4O6.Li/c1-14(2,3)24-13(21)16-6-4-9(5-7-16)17-8-10(18(22)23)11(15-17)12(19)20;/h8-9H,4-7H2,1-3H3,(H,19,20);. The predicted molar refractivity (Wildman–Crippen MR) is 87.7 cm³/mol. The van der Waals surface area contributed by atoms with Crippen molar-refractivity contribution in [1.82, 2.24) is 14.7 Å². The first-order valence-electron chi connectivity index (χ1n) is 7.53. The van der Waals surface area contributed by atoms with Crippen molar-refractivity contribution in [3.63, 3.8) is 0 Å². The van der Waals surface area contributed by atoms with Crippen LogP contribution in [0.15, 0.2) is 6.20 Å². The number of carboxylic acid groups (broad SMARTS) is 1. The van der Waals surface area contributed by atoms with Gasteiger partial charge < -0.3 is 14.7 Å². The summed E-state index contributed by atoms with van der Waals surface area (Å²) in [5, 5.41) is 23.7. The zero-order valence-electron chi connectivity index (χ0n) is 14.8. The predicted octanol–water partition coefficient (Wildman–Crippen LogP) is 1.68. The van der Waals surface area contributed by atoms with E-state index in [1.165, 1.54) is 4.68 Å². The number of aromatic nitrogens is 2. The molecule has 0 unspecified atom stereocenters. The molecule has 1 N–H and O–H groups in total. The Morgan fingerprint density at radius 1 is 1.36 bits per heavy atom. The van der Waals surface area contributed by atoms with Crippen molar-refractivity contribution < 1.29 is 24.4 Å². The molecule has 2 heterocycles. The smallest absolute Gasteiger partial charge is 0.410 e. The number of ether oxygens (including phenoxy) is 1. The molecule has 0 atom stereocenters. The van der Waals surface area contributed by atoms with Crippen molar-refractivity contribution in [2.75, 3.05) is 13.1 Å². The quantitative estimate of drug-likeness (QED) is 0.500. The molecule has 2 rings (SSSR count). The number of aromatic carboxylic acids is 1. The first-order valence-corrected chi connectivity index (χ1v) is 7.53. The van der Waals surface area contributed by atoms with Crippen molar-refractivity contribution in [2.24, 2.45) is 0 Å². The summed E-state index contributed by atoms with van der Waals surface area (Å²) in [5.74, 6) is -1.44. The van der Waals surface area contributed by atoms with E-state index in [4.69, 9.17) is 9.84 Å². The molecular formula is C14H20LiN4O6. The van der Waals surface area contributed by atoms with E-state index in [2.05, 4.69) is 5.10 Å². The van der Waals surface area contributed by atoms with Crippen LogP contribution in [0.25, 0.3) is 0 Å². The summed E-state index contributed by atoms with van der Waals surface area (Å²) >= 11 is 0. The molecule has 25 heavy (non-hydrogen) atoms. The van der Waals surface area contributed by atoms with Crippen LogP contribution < -0.4 is 0 Å². The van der Waals surface area contributed by atoms with E-state index >= 15 is 0 Å². The van der Waals surface area contributed by atoms with Gasteiger partial charge in [0.15, 0.2) is 0 Å². The number of nitrogens with zero attached hydrogens (tertiary/aromatic N) is 4. The fourth-order valence-corrected chi connectivity index (χ4v) is 2.49. The van der Waals surface area contributed by atoms with E-state index in [1.54, 1.807) is 25.7 Å². The third kappa shape index (κ3) is 5.21. The number of hydrogen-bond acceptors (Lipinski definition) is 6. The van der Waals surface area contributed by atoms with Crippen molar-refractivity contribution in [2.45, 2.75) is 45.3 Å². The van der Waals surface area contributed by atoms with E-state index in [1.807, 2.05) is 0 Å². The molecule has 0 spiro atoms. The normalized spacial score (nSPS) is 15.4. The zero-order chi connectivity index (χ0) is 18.1. The minimum absolute atomic E-state index is 0. The monoisotopic (exact) mass is 347 g/mol. The topological polar surface area (TPSA) is 128 Å². The average Bonchev–Trinajstić information content (AvgIpc) is 2.91. The van der Waals surface area contributed by atoms with Gasteiger partial charge in [0, 0.05) is 32.0 Å². The SMILES string of the molecule is CC(C)(C)OC(=O)N1CCC(n2cc([N+](=O)[O-])c(C(=O)O)n2)CC1.[Li]. The molecule has 0 saturated carbocycles. The molecule has 0 aliphatic carbocycles. The number of carbonyl (C=O) groups is 2. The maximum Gasteiger partial charge on any atom is 0.410 e. The van der Waals surface area contributed by atoms with Gasteiger partial charge in [-0.1, -0.05) is 0 Å². The van der Waals surface area contributed by atoms with Gasteiger partial charge in [-0.3, -0.25) is 14.8 Å². The third-order valence-electron chi connectivity index (χ3n) is 3.60. The minimum Gasteiger partial charge on any atom is -0.476 e. The summed E-state index contributed by atoms with van der Waals surface area (Å²) in [4.78, 5) is 34.8. The van der Waals surface area contributed by atoms with E-state index < -0.39 is 34.0 Å². The van der Waals surface area contributed by atoms with Crippen LogP contribution in [0.2, 0.25) is 0 Å². The Kier molecular flexibility index (Phi) is 6.62. The molecular weight excluding hydrogens is 327 g/mol. The molecule has 1 aromatic rings. The number of carboxylic acids is 1. The van der Waals surface area contributed by atoms with E-state index in [0.717, 1.165) is 6.20 Å². The first kappa shape index (κ1) is 21.0. The van der Waals surface area contributed by atoms with Gasteiger partial charge in [-0.25, -0.2) is 9.59 Å². The number of rotatable bonds is 3. The molecule has 11 heteroatoms. The molecule has 133 valence electrons. The van der Waals surface area contributed by atoms with Crippen LogP contribution in [0, 0.1) is 10.1 Å². The summed E-state index contributed by atoms with van der Waals surface area (Å²) in [6, 6.07) is -0.199. The maximum atomic E-state index is 12.0. The number of carbonyl (C=O) groups excluding carboxylic acids is 1. The van der Waals surface area contributed by atoms with Gasteiger partial charge in [0.2, 0.25) is 5.69 Å². The Hall–Kier alpha value is -2.05. The van der Waals surface area contributed by atoms with Crippen LogP contribution in [-0.4, -0.2) is 74.3 Å². The molecule has 10 nitrogen and oxygen atoms in total. The Morgan fingerprint density at radius 3 is 2.32 bits per heavy atom. The van der Waals surface area contributed by atoms with Gasteiger partial charge >= 0.3 is 17.7 Å². The van der Waals surface area contributed by atoms with Crippen LogP contribution in [-0.2, 0) is 4.74 Å². The molecule has 1 aromatic heterocycles. The number of amides is 1. The summed E-state index contributed by atoms with van der Waals surface area (Å²) in [7, 11) is 0. The third-order valence-corrected chi connectivity index (χ3v) is 3.60. The van der Waals surface area contributed by atoms with Gasteiger partial charge in [0.1, 0.15) is 11.8 Å². The number of piperidine rings is 1. The summed E-state index contributed by atoms with van der Waals surface area (Å²) in [6.45, 7) is 6.18. The maximum absolute atomic E-state index is 12.0. The molecule has 1 aliphatic heterocycles. The second-order valence-electron chi connectivity index (χ2n) is 6.60. The van der Waals surface area contributed by atoms with Crippen LogP contribution in [0.5, 0.6) is 0 Å². The molecule has 1 radical (unpaired) electrons. The average molecular weight is 347 g/mol. The Labute approximate surface area is 156 Å². The van der Waals surface area contributed by atoms with Crippen LogP contribution >= 0.6 is 0 Å². The van der Waals surface area contributed by atoms with Gasteiger partial charge in [0.25, 0.3) is 0 Å². The molecule has 1 aliphatic rings. The largest absolute Gasteiger partial charge is 0.476 e. The van der Waals surface area contributed by atoms with Crippen molar-refractivity contribution in [3.05, 3.63) is 22.0 Å². The Bertz CT molecular complexity index is 629. The molecule has 1 saturated heterocycles.